The van der Waals surface area contributed by atoms with Gasteiger partial charge in [0.25, 0.3) is 5.91 Å². The van der Waals surface area contributed by atoms with Crippen molar-refractivity contribution in [1.82, 2.24) is 9.80 Å². The number of aryl methyl sites for hydroxylation is 1. The number of guanidine groups is 1. The fourth-order valence-electron chi connectivity index (χ4n) is 3.86. The third-order valence-electron chi connectivity index (χ3n) is 5.54. The van der Waals surface area contributed by atoms with Gasteiger partial charge >= 0.3 is 0 Å². The highest BCUT2D eigenvalue weighted by Gasteiger charge is 2.38. The normalized spacial score (nSPS) is 16.0. The molecule has 3 aromatic rings. The predicted octanol–water partition coefficient (Wildman–Crippen LogP) is 3.97. The highest BCUT2D eigenvalue weighted by molar-refractivity contribution is 6.22. The van der Waals surface area contributed by atoms with E-state index in [4.69, 9.17) is 9.41 Å². The molecular formula is C26H30N4O2. The van der Waals surface area contributed by atoms with Gasteiger partial charge in [0, 0.05) is 19.5 Å². The van der Waals surface area contributed by atoms with Crippen molar-refractivity contribution in [2.45, 2.75) is 25.9 Å². The number of rotatable bonds is 8. The van der Waals surface area contributed by atoms with E-state index >= 15 is 0 Å². The molecule has 1 atom stereocenters. The fourth-order valence-corrected chi connectivity index (χ4v) is 3.86. The summed E-state index contributed by atoms with van der Waals surface area (Å²) in [5, 5.41) is 0. The topological polar surface area (TPSA) is 52.3 Å². The van der Waals surface area contributed by atoms with Gasteiger partial charge in [0.15, 0.2) is 0 Å². The lowest BCUT2D eigenvalue weighted by Crippen LogP contribution is -2.46. The molecule has 0 aliphatic carbocycles. The second-order valence-electron chi connectivity index (χ2n) is 8.45. The van der Waals surface area contributed by atoms with Crippen molar-refractivity contribution in [2.75, 3.05) is 32.1 Å². The third-order valence-corrected chi connectivity index (χ3v) is 5.54. The molecule has 166 valence electrons. The number of amides is 1. The quantitative estimate of drug-likeness (QED) is 0.543. The molecule has 0 saturated heterocycles. The summed E-state index contributed by atoms with van der Waals surface area (Å²) in [6.07, 6.45) is 2.26. The Bertz CT molecular complexity index is 1060. The van der Waals surface area contributed by atoms with E-state index in [0.29, 0.717) is 18.9 Å². The lowest BCUT2D eigenvalue weighted by atomic mass is 10.1. The first-order valence-corrected chi connectivity index (χ1v) is 11.0. The number of carbonyl (C=O) groups excluding carboxylic acids is 1. The molecule has 1 aliphatic heterocycles. The Balaban J connectivity index is 1.70. The van der Waals surface area contributed by atoms with Crippen molar-refractivity contribution in [3.8, 4) is 0 Å². The molecular weight excluding hydrogens is 400 g/mol. The van der Waals surface area contributed by atoms with E-state index in [1.54, 1.807) is 11.2 Å². The minimum atomic E-state index is -0.452. The molecule has 32 heavy (non-hydrogen) atoms. The molecule has 0 bridgehead atoms. The third kappa shape index (κ3) is 5.08. The van der Waals surface area contributed by atoms with Crippen LogP contribution < -0.4 is 4.90 Å². The first kappa shape index (κ1) is 21.8. The Kier molecular flexibility index (Phi) is 6.71. The average molecular weight is 431 g/mol. The monoisotopic (exact) mass is 430 g/mol. The van der Waals surface area contributed by atoms with E-state index < -0.39 is 6.04 Å². The van der Waals surface area contributed by atoms with Crippen LogP contribution in [0.15, 0.2) is 82.4 Å². The maximum Gasteiger partial charge on any atom is 0.259 e. The lowest BCUT2D eigenvalue weighted by Gasteiger charge is -2.30. The van der Waals surface area contributed by atoms with E-state index in [9.17, 15) is 4.79 Å². The van der Waals surface area contributed by atoms with Gasteiger partial charge in [0.1, 0.15) is 11.8 Å². The van der Waals surface area contributed by atoms with Crippen LogP contribution in [0.1, 0.15) is 16.9 Å². The Morgan fingerprint density at radius 1 is 1.00 bits per heavy atom. The van der Waals surface area contributed by atoms with Crippen molar-refractivity contribution in [3.05, 3.63) is 89.9 Å². The lowest BCUT2D eigenvalue weighted by molar-refractivity contribution is -0.118. The zero-order chi connectivity index (χ0) is 22.5. The molecule has 0 fully saturated rings. The SMILES string of the molecule is Cc1cccc(N2C(=O)C(Cc3ccccc3)N=C2N(CCN(C)C)Cc2ccco2)c1. The molecule has 2 heterocycles. The summed E-state index contributed by atoms with van der Waals surface area (Å²) < 4.78 is 5.63. The molecule has 6 heteroatoms. The van der Waals surface area contributed by atoms with Gasteiger partial charge in [0.05, 0.1) is 18.5 Å². The van der Waals surface area contributed by atoms with E-state index in [1.807, 2.05) is 87.7 Å². The standard InChI is InChI=1S/C26H30N4O2/c1-20-9-7-12-22(17-20)30-25(31)24(18-21-10-5-4-6-11-21)27-26(30)29(15-14-28(2)3)19-23-13-8-16-32-23/h4-13,16-17,24H,14-15,18-19H2,1-3H3. The highest BCUT2D eigenvalue weighted by Crippen LogP contribution is 2.26. The second kappa shape index (κ2) is 9.83. The number of furan rings is 1. The van der Waals surface area contributed by atoms with Crippen LogP contribution in [0.4, 0.5) is 5.69 Å². The molecule has 6 nitrogen and oxygen atoms in total. The average Bonchev–Trinajstić information content (AvgIpc) is 3.40. The van der Waals surface area contributed by atoms with Crippen molar-refractivity contribution in [1.29, 1.82) is 0 Å². The van der Waals surface area contributed by atoms with Crippen LogP contribution in [0.25, 0.3) is 0 Å². The van der Waals surface area contributed by atoms with Gasteiger partial charge in [-0.1, -0.05) is 42.5 Å². The van der Waals surface area contributed by atoms with Gasteiger partial charge < -0.3 is 14.2 Å². The van der Waals surface area contributed by atoms with Crippen LogP contribution in [-0.2, 0) is 17.8 Å². The first-order valence-electron chi connectivity index (χ1n) is 11.0. The fraction of sp³-hybridized carbons (Fsp3) is 0.308. The summed E-state index contributed by atoms with van der Waals surface area (Å²) in [5.41, 5.74) is 3.05. The molecule has 1 unspecified atom stereocenters. The molecule has 0 radical (unpaired) electrons. The Hall–Kier alpha value is -3.38. The molecule has 0 spiro atoms. The first-order chi connectivity index (χ1) is 15.5. The predicted molar refractivity (Wildman–Crippen MR) is 128 cm³/mol. The Labute approximate surface area is 189 Å². The molecule has 0 N–H and O–H groups in total. The summed E-state index contributed by atoms with van der Waals surface area (Å²) in [5.74, 6) is 1.53. The van der Waals surface area contributed by atoms with Gasteiger partial charge in [-0.15, -0.1) is 0 Å². The number of anilines is 1. The van der Waals surface area contributed by atoms with Crippen LogP contribution in [0.3, 0.4) is 0 Å². The molecule has 1 aliphatic rings. The Morgan fingerprint density at radius 3 is 2.50 bits per heavy atom. The molecule has 2 aromatic carbocycles. The number of nitrogens with zero attached hydrogens (tertiary/aromatic N) is 4. The zero-order valence-corrected chi connectivity index (χ0v) is 18.9. The zero-order valence-electron chi connectivity index (χ0n) is 18.9. The minimum absolute atomic E-state index is 0.00347. The van der Waals surface area contributed by atoms with E-state index in [-0.39, 0.29) is 5.91 Å². The largest absolute Gasteiger partial charge is 0.467 e. The smallest absolute Gasteiger partial charge is 0.259 e. The Morgan fingerprint density at radius 2 is 1.81 bits per heavy atom. The van der Waals surface area contributed by atoms with Crippen LogP contribution in [0.2, 0.25) is 0 Å². The van der Waals surface area contributed by atoms with Crippen LogP contribution in [-0.4, -0.2) is 54.9 Å². The highest BCUT2D eigenvalue weighted by atomic mass is 16.3. The van der Waals surface area contributed by atoms with E-state index in [0.717, 1.165) is 35.7 Å². The number of hydrogen-bond donors (Lipinski definition) is 0. The summed E-state index contributed by atoms with van der Waals surface area (Å²) in [7, 11) is 4.09. The number of aliphatic imine (C=N–C) groups is 1. The number of hydrogen-bond acceptors (Lipinski definition) is 5. The molecule has 1 amide bonds. The molecule has 0 saturated carbocycles. The van der Waals surface area contributed by atoms with Crippen molar-refractivity contribution in [2.24, 2.45) is 4.99 Å². The van der Waals surface area contributed by atoms with Crippen LogP contribution in [0.5, 0.6) is 0 Å². The van der Waals surface area contributed by atoms with Crippen molar-refractivity contribution >= 4 is 17.6 Å². The van der Waals surface area contributed by atoms with Crippen LogP contribution >= 0.6 is 0 Å². The minimum Gasteiger partial charge on any atom is -0.467 e. The second-order valence-corrected chi connectivity index (χ2v) is 8.45. The number of carbonyl (C=O) groups is 1. The number of likely N-dealkylation sites (N-methyl/N-ethyl adjacent to an activating group) is 1. The van der Waals surface area contributed by atoms with E-state index in [2.05, 4.69) is 9.80 Å². The molecule has 4 rings (SSSR count). The maximum atomic E-state index is 13.6. The van der Waals surface area contributed by atoms with Gasteiger partial charge in [-0.3, -0.25) is 4.79 Å². The van der Waals surface area contributed by atoms with Gasteiger partial charge in [-0.05, 0) is 56.4 Å². The van der Waals surface area contributed by atoms with Gasteiger partial charge in [-0.25, -0.2) is 9.89 Å². The van der Waals surface area contributed by atoms with Gasteiger partial charge in [-0.2, -0.15) is 0 Å². The number of benzene rings is 2. The summed E-state index contributed by atoms with van der Waals surface area (Å²) >= 11 is 0. The summed E-state index contributed by atoms with van der Waals surface area (Å²) in [6, 6.07) is 21.5. The summed E-state index contributed by atoms with van der Waals surface area (Å²) in [6.45, 7) is 4.14. The van der Waals surface area contributed by atoms with Gasteiger partial charge in [0.2, 0.25) is 5.96 Å². The maximum absolute atomic E-state index is 13.6. The van der Waals surface area contributed by atoms with Crippen LogP contribution in [0, 0.1) is 6.92 Å². The molecule has 1 aromatic heterocycles. The van der Waals surface area contributed by atoms with E-state index in [1.165, 1.54) is 0 Å². The van der Waals surface area contributed by atoms with Crippen molar-refractivity contribution in [3.63, 3.8) is 0 Å². The summed E-state index contributed by atoms with van der Waals surface area (Å²) in [4.78, 5) is 24.6. The van der Waals surface area contributed by atoms with Crippen molar-refractivity contribution < 1.29 is 9.21 Å².